The molecule has 24 heavy (non-hydrogen) atoms. The van der Waals surface area contributed by atoms with Crippen molar-refractivity contribution in [3.63, 3.8) is 0 Å². The molecule has 0 radical (unpaired) electrons. The van der Waals surface area contributed by atoms with E-state index in [4.69, 9.17) is 10.5 Å². The summed E-state index contributed by atoms with van der Waals surface area (Å²) in [7, 11) is 0. The zero-order chi connectivity index (χ0) is 17.6. The zero-order valence-corrected chi connectivity index (χ0v) is 13.0. The Morgan fingerprint density at radius 3 is 2.83 bits per heavy atom. The topological polar surface area (TPSA) is 86.5 Å². The lowest BCUT2D eigenvalue weighted by Crippen LogP contribution is -2.46. The van der Waals surface area contributed by atoms with Crippen LogP contribution in [-0.2, 0) is 16.1 Å². The van der Waals surface area contributed by atoms with Gasteiger partial charge in [-0.25, -0.2) is 4.98 Å². The molecule has 0 saturated carbocycles. The van der Waals surface area contributed by atoms with Gasteiger partial charge >= 0.3 is 6.18 Å². The van der Waals surface area contributed by atoms with Gasteiger partial charge in [0.05, 0.1) is 6.04 Å². The van der Waals surface area contributed by atoms with Gasteiger partial charge in [-0.1, -0.05) is 0 Å². The molecule has 1 unspecified atom stereocenters. The number of nitrogens with zero attached hydrogens (tertiary/aromatic N) is 1. The number of rotatable bonds is 6. The lowest BCUT2D eigenvalue weighted by Gasteiger charge is -2.26. The lowest BCUT2D eigenvalue weighted by molar-refractivity contribution is -0.154. The summed E-state index contributed by atoms with van der Waals surface area (Å²) in [5.74, 6) is -0.369. The monoisotopic (exact) mass is 347 g/mol. The molecule has 1 amide bonds. The normalized spacial score (nSPS) is 17.3. The molecule has 1 aromatic heterocycles. The highest BCUT2D eigenvalue weighted by molar-refractivity contribution is 5.81. The third-order valence-corrected chi connectivity index (χ3v) is 3.73. The van der Waals surface area contributed by atoms with Crippen molar-refractivity contribution in [1.82, 2.24) is 10.3 Å². The van der Waals surface area contributed by atoms with Gasteiger partial charge in [0, 0.05) is 32.0 Å². The first-order valence-corrected chi connectivity index (χ1v) is 7.60. The molecule has 1 saturated heterocycles. The van der Waals surface area contributed by atoms with Crippen molar-refractivity contribution in [2.24, 2.45) is 11.7 Å². The Labute approximate surface area is 137 Å². The summed E-state index contributed by atoms with van der Waals surface area (Å²) in [4.78, 5) is 15.8. The minimum absolute atomic E-state index is 0.0712. The molecule has 1 atom stereocenters. The van der Waals surface area contributed by atoms with Crippen molar-refractivity contribution in [2.45, 2.75) is 31.6 Å². The molecular formula is C15H20F3N3O3. The zero-order valence-electron chi connectivity index (χ0n) is 13.0. The van der Waals surface area contributed by atoms with Crippen LogP contribution in [0, 0.1) is 5.92 Å². The smallest absolute Gasteiger partial charge is 0.422 e. The van der Waals surface area contributed by atoms with Crippen molar-refractivity contribution in [3.05, 3.63) is 23.9 Å². The number of halogens is 3. The standard InChI is InChI=1S/C15H20F3N3O3/c16-15(17,18)9-24-12-7-10(1-4-20-12)8-21-14(22)13(19)11-2-5-23-6-3-11/h1,4,7,11,13H,2-3,5-6,8-9,19H2,(H,21,22). The molecule has 134 valence electrons. The number of nitrogens with two attached hydrogens (primary N) is 1. The van der Waals surface area contributed by atoms with E-state index in [1.165, 1.54) is 12.3 Å². The first kappa shape index (κ1) is 18.5. The van der Waals surface area contributed by atoms with E-state index in [1.807, 2.05) is 0 Å². The van der Waals surface area contributed by atoms with Crippen LogP contribution in [0.5, 0.6) is 5.88 Å². The minimum Gasteiger partial charge on any atom is -0.468 e. The highest BCUT2D eigenvalue weighted by Gasteiger charge is 2.29. The van der Waals surface area contributed by atoms with Gasteiger partial charge in [0.1, 0.15) is 0 Å². The van der Waals surface area contributed by atoms with Crippen LogP contribution in [-0.4, -0.2) is 42.9 Å². The second-order valence-electron chi connectivity index (χ2n) is 5.60. The second kappa shape index (κ2) is 8.29. The van der Waals surface area contributed by atoms with Gasteiger partial charge in [0.25, 0.3) is 0 Å². The maximum Gasteiger partial charge on any atom is 0.422 e. The molecule has 0 bridgehead atoms. The Kier molecular flexibility index (Phi) is 6.38. The number of hydrogen-bond acceptors (Lipinski definition) is 5. The largest absolute Gasteiger partial charge is 0.468 e. The van der Waals surface area contributed by atoms with Crippen molar-refractivity contribution in [1.29, 1.82) is 0 Å². The summed E-state index contributed by atoms with van der Waals surface area (Å²) < 4.78 is 46.2. The summed E-state index contributed by atoms with van der Waals surface area (Å²) in [6, 6.07) is 2.31. The molecule has 0 aliphatic carbocycles. The maximum absolute atomic E-state index is 12.1. The molecule has 1 fully saturated rings. The molecule has 1 aliphatic rings. The van der Waals surface area contributed by atoms with Crippen molar-refractivity contribution in [3.8, 4) is 5.88 Å². The van der Waals surface area contributed by atoms with E-state index in [0.717, 1.165) is 12.8 Å². The number of hydrogen-bond donors (Lipinski definition) is 2. The van der Waals surface area contributed by atoms with Crippen molar-refractivity contribution < 1.29 is 27.4 Å². The Hall–Kier alpha value is -1.87. The summed E-state index contributed by atoms with van der Waals surface area (Å²) in [5.41, 5.74) is 6.53. The number of nitrogens with one attached hydrogen (secondary N) is 1. The average molecular weight is 347 g/mol. The molecule has 0 spiro atoms. The van der Waals surface area contributed by atoms with Crippen molar-refractivity contribution in [2.75, 3.05) is 19.8 Å². The van der Waals surface area contributed by atoms with Crippen LogP contribution in [0.1, 0.15) is 18.4 Å². The molecule has 2 heterocycles. The number of alkyl halides is 3. The van der Waals surface area contributed by atoms with Crippen LogP contribution in [0.3, 0.4) is 0 Å². The number of amides is 1. The van der Waals surface area contributed by atoms with Crippen LogP contribution in [0.4, 0.5) is 13.2 Å². The third-order valence-electron chi connectivity index (χ3n) is 3.73. The quantitative estimate of drug-likeness (QED) is 0.812. The predicted octanol–water partition coefficient (Wildman–Crippen LogP) is 1.39. The first-order valence-electron chi connectivity index (χ1n) is 7.60. The van der Waals surface area contributed by atoms with Gasteiger partial charge in [-0.05, 0) is 30.4 Å². The Morgan fingerprint density at radius 2 is 2.17 bits per heavy atom. The lowest BCUT2D eigenvalue weighted by atomic mass is 9.92. The second-order valence-corrected chi connectivity index (χ2v) is 5.60. The first-order chi connectivity index (χ1) is 11.3. The van der Waals surface area contributed by atoms with Gasteiger partial charge in [-0.3, -0.25) is 4.79 Å². The average Bonchev–Trinajstić information content (AvgIpc) is 2.58. The van der Waals surface area contributed by atoms with Gasteiger partial charge in [-0.15, -0.1) is 0 Å². The predicted molar refractivity (Wildman–Crippen MR) is 79.2 cm³/mol. The molecule has 9 heteroatoms. The fourth-order valence-corrected chi connectivity index (χ4v) is 2.39. The van der Waals surface area contributed by atoms with Crippen LogP contribution in [0.25, 0.3) is 0 Å². The number of pyridine rings is 1. The van der Waals surface area contributed by atoms with Gasteiger partial charge in [0.2, 0.25) is 11.8 Å². The summed E-state index contributed by atoms with van der Waals surface area (Å²) in [5, 5.41) is 2.69. The van der Waals surface area contributed by atoms with Gasteiger partial charge < -0.3 is 20.5 Å². The Morgan fingerprint density at radius 1 is 1.46 bits per heavy atom. The molecule has 0 aromatic carbocycles. The molecule has 1 aromatic rings. The summed E-state index contributed by atoms with van der Waals surface area (Å²) in [6.45, 7) is -0.0864. The van der Waals surface area contributed by atoms with Crippen molar-refractivity contribution >= 4 is 5.91 Å². The molecule has 1 aliphatic heterocycles. The molecule has 2 rings (SSSR count). The van der Waals surface area contributed by atoms with Gasteiger partial charge in [-0.2, -0.15) is 13.2 Å². The number of aromatic nitrogens is 1. The third kappa shape index (κ3) is 5.97. The fourth-order valence-electron chi connectivity index (χ4n) is 2.39. The highest BCUT2D eigenvalue weighted by Crippen LogP contribution is 2.19. The van der Waals surface area contributed by atoms with Crippen LogP contribution in [0.2, 0.25) is 0 Å². The maximum atomic E-state index is 12.1. The van der Waals surface area contributed by atoms with E-state index in [9.17, 15) is 18.0 Å². The van der Waals surface area contributed by atoms with Crippen LogP contribution in [0.15, 0.2) is 18.3 Å². The van der Waals surface area contributed by atoms with E-state index in [0.29, 0.717) is 18.8 Å². The van der Waals surface area contributed by atoms with E-state index < -0.39 is 18.8 Å². The van der Waals surface area contributed by atoms with E-state index in [1.54, 1.807) is 6.07 Å². The van der Waals surface area contributed by atoms with Crippen LogP contribution < -0.4 is 15.8 Å². The van der Waals surface area contributed by atoms with E-state index in [-0.39, 0.29) is 24.2 Å². The molecule has 6 nitrogen and oxygen atoms in total. The molecular weight excluding hydrogens is 327 g/mol. The Balaban J connectivity index is 1.83. The number of ether oxygens (including phenoxy) is 2. The SMILES string of the molecule is NC(C(=O)NCc1ccnc(OCC(F)(F)F)c1)C1CCOCC1. The number of carbonyl (C=O) groups excluding carboxylic acids is 1. The van der Waals surface area contributed by atoms with E-state index >= 15 is 0 Å². The fraction of sp³-hybridized carbons (Fsp3) is 0.600. The van der Waals surface area contributed by atoms with Crippen LogP contribution >= 0.6 is 0 Å². The molecule has 3 N–H and O–H groups in total. The minimum atomic E-state index is -4.43. The van der Waals surface area contributed by atoms with Gasteiger partial charge in [0.15, 0.2) is 6.61 Å². The number of carbonyl (C=O) groups is 1. The summed E-state index contributed by atoms with van der Waals surface area (Å²) in [6.07, 6.45) is -1.63. The van der Waals surface area contributed by atoms with E-state index in [2.05, 4.69) is 15.0 Å². The summed E-state index contributed by atoms with van der Waals surface area (Å²) >= 11 is 0. The Bertz CT molecular complexity index is 548. The highest BCUT2D eigenvalue weighted by atomic mass is 19.4.